The molecule has 0 saturated carbocycles. The van der Waals surface area contributed by atoms with Crippen molar-refractivity contribution >= 4 is 7.82 Å². The van der Waals surface area contributed by atoms with Crippen molar-refractivity contribution in [2.45, 2.75) is 71.6 Å². The van der Waals surface area contributed by atoms with Gasteiger partial charge >= 0.3 is 59.2 Å². The first-order valence-corrected chi connectivity index (χ1v) is 8.41. The van der Waals surface area contributed by atoms with Gasteiger partial charge in [0, 0.05) is 0 Å². The third-order valence-corrected chi connectivity index (χ3v) is 2.53. The Morgan fingerprint density at radius 3 is 1.53 bits per heavy atom. The van der Waals surface area contributed by atoms with Crippen molar-refractivity contribution < 1.29 is 70.6 Å². The fraction of sp³-hybridized carbons (Fsp3) is 0.923. The van der Waals surface area contributed by atoms with Gasteiger partial charge in [-0.05, 0) is 5.92 Å². The van der Waals surface area contributed by atoms with Gasteiger partial charge in [-0.3, -0.25) is 0 Å². The summed E-state index contributed by atoms with van der Waals surface area (Å²) in [5.74, 6) is 0.895. The summed E-state index contributed by atoms with van der Waals surface area (Å²) < 4.78 is 8.88. The van der Waals surface area contributed by atoms with Crippen LogP contribution >= 0.6 is 7.82 Å². The molecule has 0 saturated heterocycles. The summed E-state index contributed by atoms with van der Waals surface area (Å²) in [4.78, 5) is 21.6. The molecule has 3 N–H and O–H groups in total. The van der Waals surface area contributed by atoms with E-state index in [-0.39, 0.29) is 51.4 Å². The second-order valence-corrected chi connectivity index (χ2v) is 6.05. The minimum atomic E-state index is -4.64. The first-order chi connectivity index (χ1) is 8.27. The van der Waals surface area contributed by atoms with Gasteiger partial charge in [-0.1, -0.05) is 65.2 Å². The molecule has 0 unspecified atom stereocenters. The van der Waals surface area contributed by atoms with Crippen LogP contribution in [0.25, 0.3) is 0 Å². The Bertz CT molecular complexity index is 199. The summed E-state index contributed by atoms with van der Waals surface area (Å²) in [6.45, 7) is 8.48. The van der Waals surface area contributed by atoms with Crippen LogP contribution in [0.1, 0.15) is 71.6 Å². The molecule has 4 nitrogen and oxygen atoms in total. The Hall–Kier alpha value is 1.75. The predicted molar refractivity (Wildman–Crippen MR) is 76.0 cm³/mol. The summed E-state index contributed by atoms with van der Waals surface area (Å²) >= 11 is 0. The number of rotatable bonds is 9. The van der Waals surface area contributed by atoms with Gasteiger partial charge in [0.2, 0.25) is 0 Å². The molecule has 0 spiro atoms. The Kier molecular flexibility index (Phi) is 24.1. The molecule has 0 rings (SSSR count). The van der Waals surface area contributed by atoms with E-state index in [2.05, 4.69) is 20.8 Å². The third kappa shape index (κ3) is 45.1. The molecular formula is C13H30KO4P. The molecule has 0 aromatic heterocycles. The summed E-state index contributed by atoms with van der Waals surface area (Å²) in [6, 6.07) is 0. The molecule has 0 aromatic rings. The van der Waals surface area contributed by atoms with Gasteiger partial charge in [0.25, 0.3) is 0 Å². The van der Waals surface area contributed by atoms with Crippen molar-refractivity contribution in [3.8, 4) is 0 Å². The number of hydrogen-bond donors (Lipinski definition) is 3. The number of unbranched alkanes of at least 4 members (excludes halogenated alkanes) is 7. The Morgan fingerprint density at radius 1 is 0.895 bits per heavy atom. The number of phosphoric acid groups is 1. The molecule has 0 bridgehead atoms. The molecule has 0 aliphatic rings. The average Bonchev–Trinajstić information content (AvgIpc) is 2.19. The smallest absolute Gasteiger partial charge is 0.343 e. The van der Waals surface area contributed by atoms with Crippen LogP contribution in [-0.2, 0) is 4.57 Å². The van der Waals surface area contributed by atoms with E-state index in [0.29, 0.717) is 0 Å². The standard InChI is InChI=1S/C13H27.K.H3O4P/c1-4-5-6-7-8-9-10-11-12-13(2)3;;1-5(2,3)4/h13H,1,4-12H2,2-3H3;;(H3,1,2,3,4)/q-1;+1;. The van der Waals surface area contributed by atoms with Crippen molar-refractivity contribution in [3.05, 3.63) is 6.92 Å². The summed E-state index contributed by atoms with van der Waals surface area (Å²) in [7, 11) is -4.64. The topological polar surface area (TPSA) is 77.8 Å². The largest absolute Gasteiger partial charge is 1.00 e. The van der Waals surface area contributed by atoms with E-state index in [1.807, 2.05) is 0 Å². The van der Waals surface area contributed by atoms with Gasteiger partial charge in [-0.15, -0.1) is 0 Å². The van der Waals surface area contributed by atoms with E-state index in [1.54, 1.807) is 0 Å². The van der Waals surface area contributed by atoms with Crippen LogP contribution in [-0.4, -0.2) is 14.7 Å². The van der Waals surface area contributed by atoms with E-state index < -0.39 is 7.82 Å². The quantitative estimate of drug-likeness (QED) is 0.257. The molecule has 0 radical (unpaired) electrons. The van der Waals surface area contributed by atoms with Gasteiger partial charge in [0.15, 0.2) is 0 Å². The summed E-state index contributed by atoms with van der Waals surface area (Å²) in [5.41, 5.74) is 0. The minimum absolute atomic E-state index is 0. The molecule has 0 aliphatic carbocycles. The van der Waals surface area contributed by atoms with E-state index in [4.69, 9.17) is 19.2 Å². The molecule has 0 amide bonds. The molecule has 0 atom stereocenters. The Balaban J connectivity index is -0.000000366. The van der Waals surface area contributed by atoms with Gasteiger partial charge in [0.05, 0.1) is 0 Å². The van der Waals surface area contributed by atoms with Crippen LogP contribution in [0.4, 0.5) is 0 Å². The van der Waals surface area contributed by atoms with E-state index >= 15 is 0 Å². The zero-order valence-corrected chi connectivity index (χ0v) is 16.9. The Morgan fingerprint density at radius 2 is 1.21 bits per heavy atom. The van der Waals surface area contributed by atoms with Crippen LogP contribution in [0.3, 0.4) is 0 Å². The van der Waals surface area contributed by atoms with Crippen molar-refractivity contribution in [1.29, 1.82) is 0 Å². The second kappa shape index (κ2) is 17.8. The molecule has 112 valence electrons. The van der Waals surface area contributed by atoms with Crippen LogP contribution < -0.4 is 51.4 Å². The fourth-order valence-electron chi connectivity index (χ4n) is 1.61. The molecule has 0 aromatic carbocycles. The van der Waals surface area contributed by atoms with Crippen molar-refractivity contribution in [3.63, 3.8) is 0 Å². The van der Waals surface area contributed by atoms with Gasteiger partial charge in [-0.2, -0.15) is 6.42 Å². The van der Waals surface area contributed by atoms with Crippen LogP contribution in [0.15, 0.2) is 0 Å². The first kappa shape index (κ1) is 25.7. The van der Waals surface area contributed by atoms with Crippen LogP contribution in [0, 0.1) is 12.8 Å². The maximum absolute atomic E-state index is 8.88. The van der Waals surface area contributed by atoms with Crippen molar-refractivity contribution in [1.82, 2.24) is 0 Å². The van der Waals surface area contributed by atoms with Crippen molar-refractivity contribution in [2.75, 3.05) is 0 Å². The molecule has 0 aliphatic heterocycles. The second-order valence-electron chi connectivity index (χ2n) is 5.02. The SMILES string of the molecule is O=P(O)(O)O.[CH2-]CCCCCCCCCC(C)C.[K+]. The number of hydrogen-bond acceptors (Lipinski definition) is 1. The molecular weight excluding hydrogens is 290 g/mol. The zero-order valence-electron chi connectivity index (χ0n) is 12.8. The van der Waals surface area contributed by atoms with Crippen LogP contribution in [0.5, 0.6) is 0 Å². The molecule has 19 heavy (non-hydrogen) atoms. The van der Waals surface area contributed by atoms with Crippen LogP contribution in [0.2, 0.25) is 0 Å². The van der Waals surface area contributed by atoms with E-state index in [0.717, 1.165) is 12.3 Å². The Labute approximate surface area is 161 Å². The predicted octanol–water partition coefficient (Wildman–Crippen LogP) is 1.06. The van der Waals surface area contributed by atoms with E-state index in [9.17, 15) is 0 Å². The fourth-order valence-corrected chi connectivity index (χ4v) is 1.61. The van der Waals surface area contributed by atoms with Crippen molar-refractivity contribution in [2.24, 2.45) is 5.92 Å². The first-order valence-electron chi connectivity index (χ1n) is 6.85. The summed E-state index contributed by atoms with van der Waals surface area (Å²) in [6.07, 6.45) is 12.5. The molecule has 0 fully saturated rings. The van der Waals surface area contributed by atoms with Gasteiger partial charge < -0.3 is 21.6 Å². The maximum atomic E-state index is 8.88. The van der Waals surface area contributed by atoms with Gasteiger partial charge in [-0.25, -0.2) is 4.57 Å². The normalized spacial score (nSPS) is 10.7. The monoisotopic (exact) mass is 320 g/mol. The zero-order chi connectivity index (χ0) is 14.4. The summed E-state index contributed by atoms with van der Waals surface area (Å²) in [5, 5.41) is 0. The van der Waals surface area contributed by atoms with Gasteiger partial charge in [0.1, 0.15) is 0 Å². The molecule has 6 heteroatoms. The maximum Gasteiger partial charge on any atom is 1.00 e. The third-order valence-electron chi connectivity index (χ3n) is 2.53. The van der Waals surface area contributed by atoms with E-state index in [1.165, 1.54) is 51.4 Å². The molecule has 0 heterocycles. The minimum Gasteiger partial charge on any atom is -0.343 e. The average molecular weight is 320 g/mol.